The molecule has 6 rings (SSSR count). The predicted molar refractivity (Wildman–Crippen MR) is 179 cm³/mol. The van der Waals surface area contributed by atoms with Gasteiger partial charge in [-0.05, 0) is 81.0 Å². The third-order valence-corrected chi connectivity index (χ3v) is 9.17. The molecular weight excluding hydrogens is 617 g/mol. The lowest BCUT2D eigenvalue weighted by Crippen LogP contribution is -2.41. The van der Waals surface area contributed by atoms with E-state index in [1.54, 1.807) is 38.6 Å². The summed E-state index contributed by atoms with van der Waals surface area (Å²) in [6.45, 7) is 2.96. The van der Waals surface area contributed by atoms with Crippen LogP contribution in [0, 0.1) is 17.2 Å². The highest BCUT2D eigenvalue weighted by molar-refractivity contribution is 6.13. The normalized spacial score (nSPS) is 17.0. The minimum atomic E-state index is -1.14. The molecule has 2 fully saturated rings. The first-order valence-corrected chi connectivity index (χ1v) is 16.2. The molecule has 11 nitrogen and oxygen atoms in total. The topological polar surface area (TPSA) is 131 Å². The fraction of sp³-hybridized carbons (Fsp3) is 0.389. The van der Waals surface area contributed by atoms with Crippen molar-refractivity contribution >= 4 is 34.3 Å². The Kier molecular flexibility index (Phi) is 9.90. The van der Waals surface area contributed by atoms with E-state index in [1.807, 2.05) is 18.2 Å². The number of aromatic nitrogens is 1. The smallest absolute Gasteiger partial charge is 0.240 e. The van der Waals surface area contributed by atoms with Gasteiger partial charge in [0.15, 0.2) is 23.1 Å². The summed E-state index contributed by atoms with van der Waals surface area (Å²) in [5.74, 6) is 0.263. The second kappa shape index (κ2) is 14.4. The number of fused-ring (bicyclic) bond motifs is 1. The summed E-state index contributed by atoms with van der Waals surface area (Å²) in [4.78, 5) is 44.2. The molecule has 3 aliphatic rings. The molecule has 12 heteroatoms. The van der Waals surface area contributed by atoms with Crippen molar-refractivity contribution in [2.45, 2.75) is 32.1 Å². The van der Waals surface area contributed by atoms with E-state index in [0.29, 0.717) is 66.6 Å². The fourth-order valence-corrected chi connectivity index (χ4v) is 5.99. The number of nitrogens with zero attached hydrogens (tertiary/aromatic N) is 2. The van der Waals surface area contributed by atoms with Crippen LogP contribution in [-0.4, -0.2) is 74.5 Å². The van der Waals surface area contributed by atoms with E-state index in [-0.39, 0.29) is 23.3 Å². The van der Waals surface area contributed by atoms with Crippen molar-refractivity contribution in [1.82, 2.24) is 20.5 Å². The number of hydrogen-bond acceptors (Lipinski definition) is 8. The van der Waals surface area contributed by atoms with Crippen molar-refractivity contribution in [3.8, 4) is 23.0 Å². The molecule has 0 atom stereocenters. The lowest BCUT2D eigenvalue weighted by Gasteiger charge is -2.31. The minimum absolute atomic E-state index is 0.0141. The second-order valence-corrected chi connectivity index (χ2v) is 12.5. The summed E-state index contributed by atoms with van der Waals surface area (Å²) in [5.41, 5.74) is 0.754. The Morgan fingerprint density at radius 1 is 1.02 bits per heavy atom. The molecule has 0 radical (unpaired) electrons. The number of anilines is 1. The van der Waals surface area contributed by atoms with Crippen molar-refractivity contribution in [3.63, 3.8) is 0 Å². The van der Waals surface area contributed by atoms with Crippen LogP contribution in [0.2, 0.25) is 0 Å². The molecule has 1 aliphatic heterocycles. The van der Waals surface area contributed by atoms with E-state index in [1.165, 1.54) is 18.2 Å². The number of methoxy groups -OCH3 is 1. The number of ether oxygens (including phenoxy) is 3. The minimum Gasteiger partial charge on any atom is -0.493 e. The highest BCUT2D eigenvalue weighted by Gasteiger charge is 2.56. The van der Waals surface area contributed by atoms with E-state index >= 15 is 4.39 Å². The van der Waals surface area contributed by atoms with Gasteiger partial charge in [-0.1, -0.05) is 18.2 Å². The number of nitrogens with one attached hydrogen (secondary N) is 3. The zero-order valence-corrected chi connectivity index (χ0v) is 27.1. The molecule has 2 aliphatic carbocycles. The molecule has 3 amide bonds. The fourth-order valence-electron chi connectivity index (χ4n) is 5.99. The van der Waals surface area contributed by atoms with Gasteiger partial charge in [0.1, 0.15) is 11.2 Å². The molecular formula is C36H40FN5O6. The van der Waals surface area contributed by atoms with Crippen LogP contribution >= 0.6 is 0 Å². The molecule has 3 aromatic rings. The van der Waals surface area contributed by atoms with Gasteiger partial charge in [0.05, 0.1) is 25.8 Å². The van der Waals surface area contributed by atoms with Gasteiger partial charge in [-0.15, -0.1) is 0 Å². The molecule has 0 spiro atoms. The van der Waals surface area contributed by atoms with Gasteiger partial charge in [-0.25, -0.2) is 4.39 Å². The maximum absolute atomic E-state index is 15.3. The zero-order valence-electron chi connectivity index (χ0n) is 27.1. The third-order valence-electron chi connectivity index (χ3n) is 9.17. The first kappa shape index (κ1) is 33.0. The largest absolute Gasteiger partial charge is 0.493 e. The Hall–Kier alpha value is -4.97. The van der Waals surface area contributed by atoms with E-state index in [0.717, 1.165) is 37.9 Å². The summed E-state index contributed by atoms with van der Waals surface area (Å²) in [5, 5.41) is 8.83. The summed E-state index contributed by atoms with van der Waals surface area (Å²) < 4.78 is 33.1. The molecule has 2 aromatic carbocycles. The molecule has 0 unspecified atom stereocenters. The second-order valence-electron chi connectivity index (χ2n) is 12.5. The van der Waals surface area contributed by atoms with Gasteiger partial charge in [0.25, 0.3) is 0 Å². The number of allylic oxidation sites excluding steroid dienone is 3. The maximum Gasteiger partial charge on any atom is 0.240 e. The average molecular weight is 658 g/mol. The van der Waals surface area contributed by atoms with Gasteiger partial charge in [0, 0.05) is 43.0 Å². The quantitative estimate of drug-likeness (QED) is 0.225. The van der Waals surface area contributed by atoms with Crippen LogP contribution in [0.1, 0.15) is 32.1 Å². The van der Waals surface area contributed by atoms with E-state index in [2.05, 4.69) is 25.8 Å². The Morgan fingerprint density at radius 2 is 1.83 bits per heavy atom. The zero-order chi connectivity index (χ0) is 33.7. The monoisotopic (exact) mass is 657 g/mol. The predicted octanol–water partition coefficient (Wildman–Crippen LogP) is 4.73. The molecule has 48 heavy (non-hydrogen) atoms. The Morgan fingerprint density at radius 3 is 2.52 bits per heavy atom. The van der Waals surface area contributed by atoms with Crippen molar-refractivity contribution in [2.75, 3.05) is 52.3 Å². The van der Waals surface area contributed by atoms with Crippen molar-refractivity contribution in [3.05, 3.63) is 72.2 Å². The highest BCUT2D eigenvalue weighted by atomic mass is 19.1. The van der Waals surface area contributed by atoms with Gasteiger partial charge in [0.2, 0.25) is 17.7 Å². The molecule has 1 saturated carbocycles. The van der Waals surface area contributed by atoms with E-state index in [9.17, 15) is 14.4 Å². The highest BCUT2D eigenvalue weighted by Crippen LogP contribution is 2.47. The first-order chi connectivity index (χ1) is 23.3. The Balaban J connectivity index is 1.08. The van der Waals surface area contributed by atoms with Crippen LogP contribution in [0.25, 0.3) is 10.9 Å². The maximum atomic E-state index is 15.3. The number of likely N-dealkylation sites (N-methyl/N-ethyl adjacent to an activating group) is 1. The van der Waals surface area contributed by atoms with Crippen molar-refractivity contribution < 1.29 is 33.0 Å². The SMILES string of the molecule is CNC(=O)CN1CCC(COc2cc3nccc(Oc4ccc(NC(=O)C5(C(=O)NCC6=CC=CC6)CC5)cc4F)c3cc2OC)CC1. The van der Waals surface area contributed by atoms with Crippen LogP contribution in [0.15, 0.2) is 66.4 Å². The number of carbonyl (C=O) groups is 3. The number of amides is 3. The lowest BCUT2D eigenvalue weighted by atomic mass is 9.98. The first-order valence-electron chi connectivity index (χ1n) is 16.2. The number of hydrogen-bond donors (Lipinski definition) is 3. The third kappa shape index (κ3) is 7.44. The molecule has 1 saturated heterocycles. The molecule has 3 N–H and O–H groups in total. The average Bonchev–Trinajstić information content (AvgIpc) is 3.75. The van der Waals surface area contributed by atoms with Crippen LogP contribution in [-0.2, 0) is 14.4 Å². The number of piperidine rings is 1. The number of halogens is 1. The number of carbonyl (C=O) groups excluding carboxylic acids is 3. The van der Waals surface area contributed by atoms with Gasteiger partial charge < -0.3 is 30.2 Å². The summed E-state index contributed by atoms with van der Waals surface area (Å²) in [7, 11) is 3.19. The van der Waals surface area contributed by atoms with E-state index < -0.39 is 17.1 Å². The van der Waals surface area contributed by atoms with Gasteiger partial charge in [-0.2, -0.15) is 0 Å². The number of benzene rings is 2. The number of likely N-dealkylation sites (tertiary alicyclic amines) is 1. The lowest BCUT2D eigenvalue weighted by molar-refractivity contribution is -0.134. The van der Waals surface area contributed by atoms with Gasteiger partial charge in [-0.3, -0.25) is 24.3 Å². The summed E-state index contributed by atoms with van der Waals surface area (Å²) >= 11 is 0. The number of rotatable bonds is 13. The Labute approximate surface area is 278 Å². The summed E-state index contributed by atoms with van der Waals surface area (Å²) in [6, 6.07) is 9.32. The van der Waals surface area contributed by atoms with Crippen LogP contribution in [0.5, 0.6) is 23.0 Å². The molecule has 1 aromatic heterocycles. The Bertz CT molecular complexity index is 1760. The molecule has 2 heterocycles. The van der Waals surface area contributed by atoms with E-state index in [4.69, 9.17) is 14.2 Å². The standard InChI is InChI=1S/C36H40FN5O6/c1-38-33(43)21-42-15-10-24(11-16-42)22-47-32-19-28-26(18-31(32)46-2)29(9-14-39-28)48-30-8-7-25(17-27(30)37)41-35(45)36(12-13-36)34(44)40-20-23-5-3-4-6-23/h3-5,7-9,14,17-19,24H,6,10-13,15-16,20-22H2,1-2H3,(H,38,43)(H,40,44)(H,41,45). The number of pyridine rings is 1. The van der Waals surface area contributed by atoms with Crippen LogP contribution in [0.4, 0.5) is 10.1 Å². The van der Waals surface area contributed by atoms with Gasteiger partial charge >= 0.3 is 0 Å². The van der Waals surface area contributed by atoms with Crippen molar-refractivity contribution in [1.29, 1.82) is 0 Å². The summed E-state index contributed by atoms with van der Waals surface area (Å²) in [6.07, 6.45) is 11.0. The molecule has 0 bridgehead atoms. The van der Waals surface area contributed by atoms with Crippen LogP contribution < -0.4 is 30.2 Å². The van der Waals surface area contributed by atoms with Crippen LogP contribution in [0.3, 0.4) is 0 Å². The van der Waals surface area contributed by atoms with Crippen molar-refractivity contribution in [2.24, 2.45) is 11.3 Å². The molecule has 252 valence electrons.